The van der Waals surface area contributed by atoms with Crippen molar-refractivity contribution in [1.82, 2.24) is 0 Å². The minimum absolute atomic E-state index is 0.150. The lowest BCUT2D eigenvalue weighted by Gasteiger charge is -2.01. The van der Waals surface area contributed by atoms with E-state index in [9.17, 15) is 4.79 Å². The van der Waals surface area contributed by atoms with Gasteiger partial charge in [0.2, 0.25) is 0 Å². The highest BCUT2D eigenvalue weighted by Gasteiger charge is 2.07. The Balaban J connectivity index is 3.13. The summed E-state index contributed by atoms with van der Waals surface area (Å²) in [4.78, 5) is 10.8. The molecule has 1 aromatic rings. The van der Waals surface area contributed by atoms with Crippen molar-refractivity contribution >= 4 is 5.97 Å². The highest BCUT2D eigenvalue weighted by atomic mass is 16.4. The molecule has 0 heterocycles. The first-order chi connectivity index (χ1) is 7.16. The smallest absolute Gasteiger partial charge is 0.335 e. The Morgan fingerprint density at radius 2 is 2.27 bits per heavy atom. The Hall–Kier alpha value is -2.26. The summed E-state index contributed by atoms with van der Waals surface area (Å²) in [5, 5.41) is 17.2. The summed E-state index contributed by atoms with van der Waals surface area (Å²) in [6.07, 6.45) is 0.150. The molecule has 0 aromatic heterocycles. The van der Waals surface area contributed by atoms with E-state index in [1.165, 1.54) is 6.07 Å². The van der Waals surface area contributed by atoms with Gasteiger partial charge >= 0.3 is 5.97 Å². The van der Waals surface area contributed by atoms with Crippen LogP contribution in [0.2, 0.25) is 0 Å². The zero-order chi connectivity index (χ0) is 11.3. The fourth-order valence-electron chi connectivity index (χ4n) is 1.18. The second kappa shape index (κ2) is 4.83. The van der Waals surface area contributed by atoms with Crippen LogP contribution in [0.5, 0.6) is 0 Å². The van der Waals surface area contributed by atoms with Gasteiger partial charge in [-0.3, -0.25) is 0 Å². The summed E-state index contributed by atoms with van der Waals surface area (Å²) in [6, 6.07) is 6.83. The monoisotopic (exact) mass is 199 g/mol. The van der Waals surface area contributed by atoms with Crippen LogP contribution in [0.15, 0.2) is 18.2 Å². The van der Waals surface area contributed by atoms with Crippen LogP contribution in [0.1, 0.15) is 27.9 Å². The number of benzene rings is 1. The van der Waals surface area contributed by atoms with E-state index in [4.69, 9.17) is 10.4 Å². The number of aromatic carboxylic acids is 1. The third-order valence-corrected chi connectivity index (χ3v) is 1.95. The minimum Gasteiger partial charge on any atom is -0.478 e. The first kappa shape index (κ1) is 10.8. The van der Waals surface area contributed by atoms with E-state index in [-0.39, 0.29) is 12.0 Å². The zero-order valence-corrected chi connectivity index (χ0v) is 8.24. The number of nitrogens with zero attached hydrogens (tertiary/aromatic N) is 1. The van der Waals surface area contributed by atoms with Gasteiger partial charge in [0.1, 0.15) is 0 Å². The molecule has 0 atom stereocenters. The Morgan fingerprint density at radius 1 is 1.53 bits per heavy atom. The quantitative estimate of drug-likeness (QED) is 0.703. The topological polar surface area (TPSA) is 61.1 Å². The van der Waals surface area contributed by atoms with Crippen molar-refractivity contribution in [3.8, 4) is 17.9 Å². The Bertz CT molecular complexity index is 487. The van der Waals surface area contributed by atoms with Crippen LogP contribution in [-0.4, -0.2) is 11.1 Å². The lowest BCUT2D eigenvalue weighted by molar-refractivity contribution is 0.0696. The van der Waals surface area contributed by atoms with E-state index < -0.39 is 5.97 Å². The van der Waals surface area contributed by atoms with Crippen molar-refractivity contribution < 1.29 is 9.90 Å². The van der Waals surface area contributed by atoms with Gasteiger partial charge in [-0.2, -0.15) is 5.26 Å². The maximum Gasteiger partial charge on any atom is 0.335 e. The molecular formula is C12H9NO2. The summed E-state index contributed by atoms with van der Waals surface area (Å²) in [5.74, 6) is 4.47. The molecule has 0 saturated carbocycles. The second-order valence-electron chi connectivity index (χ2n) is 2.92. The van der Waals surface area contributed by atoms with E-state index in [0.29, 0.717) is 11.1 Å². The lowest BCUT2D eigenvalue weighted by Crippen LogP contribution is -2.00. The summed E-state index contributed by atoms with van der Waals surface area (Å²) >= 11 is 0. The molecule has 74 valence electrons. The van der Waals surface area contributed by atoms with Gasteiger partial charge in [-0.25, -0.2) is 4.79 Å². The highest BCUT2D eigenvalue weighted by molar-refractivity contribution is 5.90. The van der Waals surface area contributed by atoms with Crippen LogP contribution in [0, 0.1) is 30.1 Å². The van der Waals surface area contributed by atoms with Crippen molar-refractivity contribution in [1.29, 1.82) is 5.26 Å². The van der Waals surface area contributed by atoms with Gasteiger partial charge in [0.05, 0.1) is 18.1 Å². The Kier molecular flexibility index (Phi) is 3.49. The van der Waals surface area contributed by atoms with Gasteiger partial charge in [0.25, 0.3) is 0 Å². The molecule has 0 radical (unpaired) electrons. The standard InChI is InChI=1S/C12H9NO2/c1-9-10(5-2-3-8-13)6-4-7-11(9)12(14)15/h4,6-7H,3H2,1H3,(H,14,15). The largest absolute Gasteiger partial charge is 0.478 e. The van der Waals surface area contributed by atoms with Crippen molar-refractivity contribution in [2.24, 2.45) is 0 Å². The van der Waals surface area contributed by atoms with Crippen molar-refractivity contribution in [3.63, 3.8) is 0 Å². The van der Waals surface area contributed by atoms with Crippen LogP contribution in [0.4, 0.5) is 0 Å². The number of rotatable bonds is 1. The molecule has 0 aliphatic rings. The van der Waals surface area contributed by atoms with Crippen LogP contribution in [-0.2, 0) is 0 Å². The molecule has 0 fully saturated rings. The number of carbonyl (C=O) groups is 1. The van der Waals surface area contributed by atoms with Gasteiger partial charge in [-0.05, 0) is 24.6 Å². The number of nitriles is 1. The predicted molar refractivity (Wildman–Crippen MR) is 55.2 cm³/mol. The molecule has 1 rings (SSSR count). The third-order valence-electron chi connectivity index (χ3n) is 1.95. The fraction of sp³-hybridized carbons (Fsp3) is 0.167. The van der Waals surface area contributed by atoms with Gasteiger partial charge in [-0.1, -0.05) is 17.9 Å². The van der Waals surface area contributed by atoms with Crippen molar-refractivity contribution in [3.05, 3.63) is 34.9 Å². The minimum atomic E-state index is -0.962. The number of carboxylic acids is 1. The third kappa shape index (κ3) is 2.59. The second-order valence-corrected chi connectivity index (χ2v) is 2.92. The summed E-state index contributed by atoms with van der Waals surface area (Å²) in [5.41, 5.74) is 1.54. The molecule has 0 aliphatic carbocycles. The molecule has 0 aliphatic heterocycles. The molecule has 1 N–H and O–H groups in total. The van der Waals surface area contributed by atoms with Crippen LogP contribution in [0.3, 0.4) is 0 Å². The molecule has 0 bridgehead atoms. The molecule has 0 amide bonds. The zero-order valence-electron chi connectivity index (χ0n) is 8.24. The molecule has 15 heavy (non-hydrogen) atoms. The van der Waals surface area contributed by atoms with Crippen LogP contribution in [0.25, 0.3) is 0 Å². The molecular weight excluding hydrogens is 190 g/mol. The van der Waals surface area contributed by atoms with E-state index in [2.05, 4.69) is 11.8 Å². The summed E-state index contributed by atoms with van der Waals surface area (Å²) < 4.78 is 0. The normalized spacial score (nSPS) is 8.53. The maximum absolute atomic E-state index is 10.8. The Labute approximate surface area is 88.0 Å². The van der Waals surface area contributed by atoms with E-state index in [1.807, 2.05) is 6.07 Å². The van der Waals surface area contributed by atoms with Gasteiger partial charge in [-0.15, -0.1) is 0 Å². The first-order valence-corrected chi connectivity index (χ1v) is 4.35. The summed E-state index contributed by atoms with van der Waals surface area (Å²) in [6.45, 7) is 1.71. The van der Waals surface area contributed by atoms with Gasteiger partial charge in [0, 0.05) is 5.56 Å². The molecule has 3 heteroatoms. The van der Waals surface area contributed by atoms with E-state index in [0.717, 1.165) is 0 Å². The summed E-state index contributed by atoms with van der Waals surface area (Å²) in [7, 11) is 0. The SMILES string of the molecule is Cc1c(C#CCC#N)cccc1C(=O)O. The average molecular weight is 199 g/mol. The van der Waals surface area contributed by atoms with Crippen LogP contribution >= 0.6 is 0 Å². The average Bonchev–Trinajstić information content (AvgIpc) is 2.20. The van der Waals surface area contributed by atoms with Crippen molar-refractivity contribution in [2.75, 3.05) is 0 Å². The lowest BCUT2D eigenvalue weighted by atomic mass is 10.0. The fourth-order valence-corrected chi connectivity index (χ4v) is 1.18. The van der Waals surface area contributed by atoms with Crippen LogP contribution < -0.4 is 0 Å². The van der Waals surface area contributed by atoms with Gasteiger partial charge < -0.3 is 5.11 Å². The molecule has 1 aromatic carbocycles. The van der Waals surface area contributed by atoms with Crippen molar-refractivity contribution in [2.45, 2.75) is 13.3 Å². The molecule has 0 saturated heterocycles. The number of hydrogen-bond donors (Lipinski definition) is 1. The number of hydrogen-bond acceptors (Lipinski definition) is 2. The molecule has 0 unspecified atom stereocenters. The molecule has 3 nitrogen and oxygen atoms in total. The maximum atomic E-state index is 10.8. The van der Waals surface area contributed by atoms with E-state index >= 15 is 0 Å². The first-order valence-electron chi connectivity index (χ1n) is 4.35. The number of carboxylic acid groups (broad SMARTS) is 1. The highest BCUT2D eigenvalue weighted by Crippen LogP contribution is 2.12. The van der Waals surface area contributed by atoms with Gasteiger partial charge in [0.15, 0.2) is 0 Å². The molecule has 0 spiro atoms. The predicted octanol–water partition coefficient (Wildman–Crippen LogP) is 1.96. The van der Waals surface area contributed by atoms with E-state index in [1.54, 1.807) is 19.1 Å². The Morgan fingerprint density at radius 3 is 2.87 bits per heavy atom.